The minimum Gasteiger partial charge on any atom is -0.463 e. The van der Waals surface area contributed by atoms with Gasteiger partial charge in [0, 0.05) is 36.6 Å². The Morgan fingerprint density at radius 1 is 0.967 bits per heavy atom. The third-order valence-electron chi connectivity index (χ3n) is 4.28. The van der Waals surface area contributed by atoms with E-state index in [1.807, 2.05) is 27.7 Å². The molecule has 0 bridgehead atoms. The number of benzene rings is 2. The number of pyridine rings is 1. The van der Waals surface area contributed by atoms with E-state index in [1.165, 1.54) is 0 Å². The number of halogens is 2. The van der Waals surface area contributed by atoms with Gasteiger partial charge in [0.15, 0.2) is 5.78 Å². The van der Waals surface area contributed by atoms with E-state index in [0.29, 0.717) is 22.4 Å². The zero-order valence-corrected chi connectivity index (χ0v) is 17.3. The molecule has 3 rings (SSSR count). The molecule has 3 aromatic rings. The standard InChI is InChI=1S/C24H23F2NO3/c1-15(2)29-24(3,4)30-19-11-9-18(10-12-19)23(28)17-7-5-16(6-8-17)20-13-22(26)27-14-21(20)25/h5-15H,1-4H3. The summed E-state index contributed by atoms with van der Waals surface area (Å²) in [6.07, 6.45) is 0.849. The fourth-order valence-corrected chi connectivity index (χ4v) is 3.15. The van der Waals surface area contributed by atoms with Crippen LogP contribution in [-0.2, 0) is 4.74 Å². The molecule has 0 amide bonds. The van der Waals surface area contributed by atoms with E-state index in [9.17, 15) is 13.6 Å². The molecular formula is C24H23F2NO3. The summed E-state index contributed by atoms with van der Waals surface area (Å²) in [5, 5.41) is 0. The van der Waals surface area contributed by atoms with Gasteiger partial charge < -0.3 is 9.47 Å². The van der Waals surface area contributed by atoms with Crippen molar-refractivity contribution in [3.63, 3.8) is 0 Å². The molecule has 0 N–H and O–H groups in total. The van der Waals surface area contributed by atoms with Crippen molar-refractivity contribution < 1.29 is 23.0 Å². The molecule has 0 atom stereocenters. The first-order chi connectivity index (χ1) is 14.1. The van der Waals surface area contributed by atoms with Crippen LogP contribution in [0.3, 0.4) is 0 Å². The lowest BCUT2D eigenvalue weighted by Crippen LogP contribution is -2.34. The molecule has 4 nitrogen and oxygen atoms in total. The van der Waals surface area contributed by atoms with Gasteiger partial charge in [-0.25, -0.2) is 9.37 Å². The van der Waals surface area contributed by atoms with Crippen LogP contribution in [0, 0.1) is 11.8 Å². The van der Waals surface area contributed by atoms with Gasteiger partial charge in [-0.05, 0) is 43.7 Å². The number of hydrogen-bond donors (Lipinski definition) is 0. The Morgan fingerprint density at radius 2 is 1.53 bits per heavy atom. The lowest BCUT2D eigenvalue weighted by atomic mass is 9.99. The molecule has 0 unspecified atom stereocenters. The van der Waals surface area contributed by atoms with Crippen LogP contribution in [0.1, 0.15) is 43.6 Å². The number of ketones is 1. The molecule has 1 aromatic heterocycles. The molecular weight excluding hydrogens is 388 g/mol. The highest BCUT2D eigenvalue weighted by atomic mass is 19.1. The predicted molar refractivity (Wildman–Crippen MR) is 110 cm³/mol. The molecule has 1 heterocycles. The maximum atomic E-state index is 13.9. The highest BCUT2D eigenvalue weighted by Gasteiger charge is 2.22. The number of rotatable bonds is 7. The Morgan fingerprint density at radius 3 is 2.10 bits per heavy atom. The average molecular weight is 411 g/mol. The van der Waals surface area contributed by atoms with Gasteiger partial charge in [-0.3, -0.25) is 4.79 Å². The summed E-state index contributed by atoms with van der Waals surface area (Å²) in [6, 6.07) is 14.1. The minimum absolute atomic E-state index is 0.0148. The maximum absolute atomic E-state index is 13.9. The van der Waals surface area contributed by atoms with Gasteiger partial charge in [0.2, 0.25) is 11.7 Å². The van der Waals surface area contributed by atoms with Crippen LogP contribution in [0.15, 0.2) is 60.8 Å². The van der Waals surface area contributed by atoms with Gasteiger partial charge in [0.1, 0.15) is 11.6 Å². The number of ether oxygens (including phenoxy) is 2. The van der Waals surface area contributed by atoms with E-state index in [2.05, 4.69) is 4.98 Å². The SMILES string of the molecule is CC(C)OC(C)(C)Oc1ccc(C(=O)c2ccc(-c3cc(F)ncc3F)cc2)cc1. The van der Waals surface area contributed by atoms with Crippen molar-refractivity contribution in [3.05, 3.63) is 83.7 Å². The van der Waals surface area contributed by atoms with E-state index < -0.39 is 17.6 Å². The van der Waals surface area contributed by atoms with Crippen LogP contribution >= 0.6 is 0 Å². The second kappa shape index (κ2) is 8.71. The average Bonchev–Trinajstić information content (AvgIpc) is 2.69. The van der Waals surface area contributed by atoms with E-state index in [4.69, 9.17) is 9.47 Å². The number of aromatic nitrogens is 1. The first-order valence-corrected chi connectivity index (χ1v) is 9.58. The normalized spacial score (nSPS) is 11.6. The number of carbonyl (C=O) groups excluding carboxylic acids is 1. The monoisotopic (exact) mass is 411 g/mol. The van der Waals surface area contributed by atoms with Gasteiger partial charge in [-0.15, -0.1) is 0 Å². The Labute approximate surface area is 174 Å². The molecule has 0 spiro atoms. The van der Waals surface area contributed by atoms with Gasteiger partial charge in [-0.2, -0.15) is 4.39 Å². The topological polar surface area (TPSA) is 48.4 Å². The Kier molecular flexibility index (Phi) is 6.27. The van der Waals surface area contributed by atoms with Crippen LogP contribution in [0.5, 0.6) is 5.75 Å². The summed E-state index contributed by atoms with van der Waals surface area (Å²) in [7, 11) is 0. The summed E-state index contributed by atoms with van der Waals surface area (Å²) >= 11 is 0. The smallest absolute Gasteiger partial charge is 0.213 e. The molecule has 0 radical (unpaired) electrons. The summed E-state index contributed by atoms with van der Waals surface area (Å²) < 4.78 is 38.7. The van der Waals surface area contributed by atoms with Crippen molar-refractivity contribution in [1.29, 1.82) is 0 Å². The Hall–Kier alpha value is -3.12. The zero-order chi connectivity index (χ0) is 21.9. The molecule has 0 saturated carbocycles. The molecule has 2 aromatic carbocycles. The van der Waals surface area contributed by atoms with Crippen molar-refractivity contribution in [1.82, 2.24) is 4.98 Å². The highest BCUT2D eigenvalue weighted by molar-refractivity contribution is 6.09. The molecule has 0 aliphatic rings. The highest BCUT2D eigenvalue weighted by Crippen LogP contribution is 2.25. The van der Waals surface area contributed by atoms with Crippen molar-refractivity contribution >= 4 is 5.78 Å². The molecule has 0 aliphatic heterocycles. The maximum Gasteiger partial charge on any atom is 0.213 e. The number of nitrogens with zero attached hydrogens (tertiary/aromatic N) is 1. The third kappa shape index (κ3) is 5.27. The second-order valence-electron chi connectivity index (χ2n) is 7.59. The Balaban J connectivity index is 1.74. The van der Waals surface area contributed by atoms with E-state index in [-0.39, 0.29) is 17.5 Å². The van der Waals surface area contributed by atoms with E-state index >= 15 is 0 Å². The molecule has 6 heteroatoms. The van der Waals surface area contributed by atoms with Crippen molar-refractivity contribution in [2.45, 2.75) is 39.6 Å². The van der Waals surface area contributed by atoms with Gasteiger partial charge >= 0.3 is 0 Å². The quantitative estimate of drug-likeness (QED) is 0.280. The number of hydrogen-bond acceptors (Lipinski definition) is 4. The van der Waals surface area contributed by atoms with Crippen molar-refractivity contribution in [3.8, 4) is 16.9 Å². The lowest BCUT2D eigenvalue weighted by Gasteiger charge is -2.28. The molecule has 0 fully saturated rings. The van der Waals surface area contributed by atoms with Gasteiger partial charge in [-0.1, -0.05) is 24.3 Å². The molecule has 30 heavy (non-hydrogen) atoms. The largest absolute Gasteiger partial charge is 0.463 e. The van der Waals surface area contributed by atoms with Crippen LogP contribution < -0.4 is 4.74 Å². The van der Waals surface area contributed by atoms with Gasteiger partial charge in [0.05, 0.1) is 12.3 Å². The van der Waals surface area contributed by atoms with Crippen molar-refractivity contribution in [2.75, 3.05) is 0 Å². The minimum atomic E-state index is -0.794. The molecule has 0 aliphatic carbocycles. The van der Waals surface area contributed by atoms with E-state index in [1.54, 1.807) is 48.5 Å². The summed E-state index contributed by atoms with van der Waals surface area (Å²) in [4.78, 5) is 16.0. The summed E-state index contributed by atoms with van der Waals surface area (Å²) in [5.41, 5.74) is 1.47. The lowest BCUT2D eigenvalue weighted by molar-refractivity contribution is -0.178. The van der Waals surface area contributed by atoms with Crippen LogP contribution in [0.2, 0.25) is 0 Å². The van der Waals surface area contributed by atoms with Crippen molar-refractivity contribution in [2.24, 2.45) is 0 Å². The summed E-state index contributed by atoms with van der Waals surface area (Å²) in [5.74, 6) is -1.79. The third-order valence-corrected chi connectivity index (χ3v) is 4.28. The summed E-state index contributed by atoms with van der Waals surface area (Å²) in [6.45, 7) is 7.51. The molecule has 156 valence electrons. The molecule has 0 saturated heterocycles. The number of carbonyl (C=O) groups is 1. The van der Waals surface area contributed by atoms with Gasteiger partial charge in [0.25, 0.3) is 0 Å². The predicted octanol–water partition coefficient (Wildman–Crippen LogP) is 5.80. The zero-order valence-electron chi connectivity index (χ0n) is 17.3. The fraction of sp³-hybridized carbons (Fsp3) is 0.250. The van der Waals surface area contributed by atoms with Crippen LogP contribution in [0.25, 0.3) is 11.1 Å². The first-order valence-electron chi connectivity index (χ1n) is 9.58. The van der Waals surface area contributed by atoms with E-state index in [0.717, 1.165) is 12.3 Å². The second-order valence-corrected chi connectivity index (χ2v) is 7.59. The first kappa shape index (κ1) is 21.6. The van der Waals surface area contributed by atoms with Crippen LogP contribution in [0.4, 0.5) is 8.78 Å². The van der Waals surface area contributed by atoms with Crippen LogP contribution in [-0.4, -0.2) is 22.7 Å². The fourth-order valence-electron chi connectivity index (χ4n) is 3.15. The Bertz CT molecular complexity index is 1030.